The van der Waals surface area contributed by atoms with Gasteiger partial charge in [-0.05, 0) is 30.0 Å². The first-order valence-corrected chi connectivity index (χ1v) is 9.05. The fourth-order valence-corrected chi connectivity index (χ4v) is 4.19. The second-order valence-electron chi connectivity index (χ2n) is 7.49. The molecule has 3 saturated heterocycles. The first-order valence-electron chi connectivity index (χ1n) is 9.05. The lowest BCUT2D eigenvalue weighted by Gasteiger charge is -2.22. The number of hydrogen-bond donors (Lipinski definition) is 2. The number of nitrogens with zero attached hydrogens (tertiary/aromatic N) is 2. The van der Waals surface area contributed by atoms with Gasteiger partial charge in [-0.15, -0.1) is 0 Å². The van der Waals surface area contributed by atoms with Crippen molar-refractivity contribution in [2.24, 2.45) is 11.8 Å². The van der Waals surface area contributed by atoms with Crippen LogP contribution in [0.3, 0.4) is 0 Å². The van der Waals surface area contributed by atoms with Crippen molar-refractivity contribution < 1.29 is 22.8 Å². The molecule has 146 valence electrons. The summed E-state index contributed by atoms with van der Waals surface area (Å²) in [7, 11) is 0. The molecule has 1 aromatic rings. The lowest BCUT2D eigenvalue weighted by atomic mass is 10.0. The minimum atomic E-state index is -4.46. The number of alkyl halides is 3. The second kappa shape index (κ2) is 6.70. The highest BCUT2D eigenvalue weighted by Gasteiger charge is 2.40. The zero-order valence-corrected chi connectivity index (χ0v) is 14.6. The van der Waals surface area contributed by atoms with Crippen LogP contribution in [0.2, 0.25) is 0 Å². The van der Waals surface area contributed by atoms with Crippen molar-refractivity contribution in [3.05, 3.63) is 29.8 Å². The van der Waals surface area contributed by atoms with Crippen molar-refractivity contribution in [1.82, 2.24) is 15.5 Å². The van der Waals surface area contributed by atoms with E-state index in [1.54, 1.807) is 4.90 Å². The number of hydrogen-bond acceptors (Lipinski definition) is 3. The molecular weight excluding hydrogens is 361 g/mol. The Bertz CT molecular complexity index is 742. The summed E-state index contributed by atoms with van der Waals surface area (Å²) in [6.07, 6.45) is -4.38. The van der Waals surface area contributed by atoms with Crippen LogP contribution in [0.1, 0.15) is 12.0 Å². The number of rotatable bonds is 2. The predicted octanol–water partition coefficient (Wildman–Crippen LogP) is 1.67. The number of amides is 3. The standard InChI is InChI=1S/C18H21F3N4O2/c19-18(20,21)13-2-1-3-15(4-13)25-10-14(5-16(25)26)23-17(27)24-8-11-6-22-7-12(11)9-24/h1-4,11-12,14,22H,5-10H2,(H,23,27)/t11-,12+,14?. The monoisotopic (exact) mass is 382 g/mol. The molecule has 0 bridgehead atoms. The van der Waals surface area contributed by atoms with Gasteiger partial charge in [-0.2, -0.15) is 13.2 Å². The van der Waals surface area contributed by atoms with Crippen LogP contribution in [0.15, 0.2) is 24.3 Å². The maximum Gasteiger partial charge on any atom is 0.416 e. The number of carbonyl (C=O) groups is 2. The van der Waals surface area contributed by atoms with Crippen LogP contribution < -0.4 is 15.5 Å². The lowest BCUT2D eigenvalue weighted by molar-refractivity contribution is -0.137. The second-order valence-corrected chi connectivity index (χ2v) is 7.49. The summed E-state index contributed by atoms with van der Waals surface area (Å²) >= 11 is 0. The zero-order valence-electron chi connectivity index (χ0n) is 14.6. The average molecular weight is 382 g/mol. The number of benzene rings is 1. The molecule has 0 saturated carbocycles. The van der Waals surface area contributed by atoms with Crippen LogP contribution in [0.5, 0.6) is 0 Å². The summed E-state index contributed by atoms with van der Waals surface area (Å²) in [4.78, 5) is 27.8. The molecule has 2 N–H and O–H groups in total. The smallest absolute Gasteiger partial charge is 0.333 e. The number of halogens is 3. The van der Waals surface area contributed by atoms with Gasteiger partial charge in [0.05, 0.1) is 11.6 Å². The third-order valence-electron chi connectivity index (χ3n) is 5.61. The van der Waals surface area contributed by atoms with Crippen molar-refractivity contribution in [2.45, 2.75) is 18.6 Å². The summed E-state index contributed by atoms with van der Waals surface area (Å²) in [6.45, 7) is 3.40. The Hall–Kier alpha value is -2.29. The molecule has 6 nitrogen and oxygen atoms in total. The van der Waals surface area contributed by atoms with Gasteiger partial charge in [-0.1, -0.05) is 6.07 Å². The molecule has 3 amide bonds. The summed E-state index contributed by atoms with van der Waals surface area (Å²) in [5, 5.41) is 6.18. The SMILES string of the molecule is O=C(NC1CC(=O)N(c2cccc(C(F)(F)F)c2)C1)N1C[C@H]2CNC[C@H]2C1. The zero-order chi connectivity index (χ0) is 19.2. The Morgan fingerprint density at radius 1 is 1.15 bits per heavy atom. The van der Waals surface area contributed by atoms with Crippen molar-refractivity contribution >= 4 is 17.6 Å². The van der Waals surface area contributed by atoms with E-state index in [4.69, 9.17) is 0 Å². The Morgan fingerprint density at radius 2 is 1.85 bits per heavy atom. The summed E-state index contributed by atoms with van der Waals surface area (Å²) in [5.41, 5.74) is -0.592. The number of fused-ring (bicyclic) bond motifs is 1. The highest BCUT2D eigenvalue weighted by atomic mass is 19.4. The number of nitrogens with one attached hydrogen (secondary N) is 2. The summed E-state index contributed by atoms with van der Waals surface area (Å²) < 4.78 is 38.7. The van der Waals surface area contributed by atoms with Gasteiger partial charge in [0.25, 0.3) is 0 Å². The topological polar surface area (TPSA) is 64.7 Å². The number of anilines is 1. The van der Waals surface area contributed by atoms with Crippen LogP contribution in [0.25, 0.3) is 0 Å². The van der Waals surface area contributed by atoms with E-state index in [0.717, 1.165) is 25.2 Å². The molecule has 3 fully saturated rings. The van der Waals surface area contributed by atoms with E-state index in [1.807, 2.05) is 0 Å². The van der Waals surface area contributed by atoms with Crippen LogP contribution in [0, 0.1) is 11.8 Å². The Morgan fingerprint density at radius 3 is 2.52 bits per heavy atom. The molecule has 9 heteroatoms. The van der Waals surface area contributed by atoms with Crippen LogP contribution in [0.4, 0.5) is 23.7 Å². The van der Waals surface area contributed by atoms with E-state index < -0.39 is 17.8 Å². The molecule has 0 radical (unpaired) electrons. The van der Waals surface area contributed by atoms with Gasteiger partial charge in [0.15, 0.2) is 0 Å². The highest BCUT2D eigenvalue weighted by molar-refractivity contribution is 5.96. The Labute approximate surface area is 154 Å². The van der Waals surface area contributed by atoms with Crippen molar-refractivity contribution in [3.8, 4) is 0 Å². The highest BCUT2D eigenvalue weighted by Crippen LogP contribution is 2.33. The Kier molecular flexibility index (Phi) is 4.49. The van der Waals surface area contributed by atoms with Gasteiger partial charge in [0.2, 0.25) is 5.91 Å². The molecular formula is C18H21F3N4O2. The van der Waals surface area contributed by atoms with E-state index in [9.17, 15) is 22.8 Å². The van der Waals surface area contributed by atoms with E-state index >= 15 is 0 Å². The van der Waals surface area contributed by atoms with Crippen molar-refractivity contribution in [1.29, 1.82) is 0 Å². The fourth-order valence-electron chi connectivity index (χ4n) is 4.19. The third kappa shape index (κ3) is 3.60. The first-order chi connectivity index (χ1) is 12.8. The molecule has 3 aliphatic rings. The van der Waals surface area contributed by atoms with E-state index in [2.05, 4.69) is 10.6 Å². The largest absolute Gasteiger partial charge is 0.416 e. The van der Waals surface area contributed by atoms with E-state index in [0.29, 0.717) is 24.9 Å². The minimum absolute atomic E-state index is 0.0875. The molecule has 3 aliphatic heterocycles. The summed E-state index contributed by atoms with van der Waals surface area (Å²) in [5.74, 6) is 0.659. The van der Waals surface area contributed by atoms with E-state index in [1.165, 1.54) is 17.0 Å². The molecule has 0 spiro atoms. The van der Waals surface area contributed by atoms with Crippen LogP contribution in [-0.2, 0) is 11.0 Å². The molecule has 1 unspecified atom stereocenters. The Balaban J connectivity index is 1.39. The first kappa shape index (κ1) is 18.1. The van der Waals surface area contributed by atoms with Crippen LogP contribution in [-0.4, -0.2) is 55.6 Å². The maximum atomic E-state index is 12.9. The lowest BCUT2D eigenvalue weighted by Crippen LogP contribution is -2.45. The average Bonchev–Trinajstić information content (AvgIpc) is 3.28. The maximum absolute atomic E-state index is 12.9. The third-order valence-corrected chi connectivity index (χ3v) is 5.61. The molecule has 0 aromatic heterocycles. The molecule has 1 aromatic carbocycles. The van der Waals surface area contributed by atoms with Gasteiger partial charge < -0.3 is 20.4 Å². The van der Waals surface area contributed by atoms with Gasteiger partial charge >= 0.3 is 12.2 Å². The van der Waals surface area contributed by atoms with Crippen molar-refractivity contribution in [2.75, 3.05) is 37.6 Å². The van der Waals surface area contributed by atoms with E-state index in [-0.39, 0.29) is 30.6 Å². The quantitative estimate of drug-likeness (QED) is 0.818. The molecule has 27 heavy (non-hydrogen) atoms. The van der Waals surface area contributed by atoms with Gasteiger partial charge in [0.1, 0.15) is 0 Å². The predicted molar refractivity (Wildman–Crippen MR) is 92.2 cm³/mol. The van der Waals surface area contributed by atoms with Gasteiger partial charge in [-0.3, -0.25) is 4.79 Å². The summed E-state index contributed by atoms with van der Waals surface area (Å²) in [6, 6.07) is 4.10. The molecule has 3 heterocycles. The normalized spacial score (nSPS) is 28.0. The van der Waals surface area contributed by atoms with Gasteiger partial charge in [-0.25, -0.2) is 4.79 Å². The van der Waals surface area contributed by atoms with Crippen molar-refractivity contribution in [3.63, 3.8) is 0 Å². The number of urea groups is 1. The minimum Gasteiger partial charge on any atom is -0.333 e. The fraction of sp³-hybridized carbons (Fsp3) is 0.556. The number of likely N-dealkylation sites (tertiary alicyclic amines) is 1. The van der Waals surface area contributed by atoms with Gasteiger partial charge in [0, 0.05) is 44.8 Å². The number of carbonyl (C=O) groups excluding carboxylic acids is 2. The molecule has 4 rings (SSSR count). The molecule has 0 aliphatic carbocycles. The molecule has 3 atom stereocenters. The van der Waals surface area contributed by atoms with Crippen LogP contribution >= 0.6 is 0 Å².